The molecule has 6 heavy (non-hydrogen) atoms. The summed E-state index contributed by atoms with van der Waals surface area (Å²) in [7, 11) is 0. The van der Waals surface area contributed by atoms with Crippen molar-refractivity contribution in [1.29, 1.82) is 10.7 Å². The molecule has 0 aliphatic carbocycles. The van der Waals surface area contributed by atoms with Gasteiger partial charge in [-0.2, -0.15) is 5.26 Å². The first-order valence-corrected chi connectivity index (χ1v) is 1.96. The molecular formula is C2H2BrN3. The molecule has 0 amide bonds. The van der Waals surface area contributed by atoms with Crippen LogP contribution in [0.15, 0.2) is 0 Å². The van der Waals surface area contributed by atoms with Crippen LogP contribution in [-0.2, 0) is 0 Å². The van der Waals surface area contributed by atoms with Gasteiger partial charge in [-0.3, -0.25) is 10.7 Å². The van der Waals surface area contributed by atoms with Gasteiger partial charge in [0.25, 0.3) is 0 Å². The summed E-state index contributed by atoms with van der Waals surface area (Å²) in [4.78, 5) is 0. The van der Waals surface area contributed by atoms with Crippen molar-refractivity contribution < 1.29 is 0 Å². The number of hydrogen-bond donors (Lipinski definition) is 2. The average molecular weight is 148 g/mol. The molecule has 2 N–H and O–H groups in total. The molecule has 0 fully saturated rings. The van der Waals surface area contributed by atoms with Crippen molar-refractivity contribution in [2.45, 2.75) is 0 Å². The van der Waals surface area contributed by atoms with E-state index in [-0.39, 0.29) is 4.74 Å². The van der Waals surface area contributed by atoms with Crippen LogP contribution in [0.2, 0.25) is 0 Å². The maximum Gasteiger partial charge on any atom is 0.183 e. The first-order chi connectivity index (χ1) is 2.77. The lowest BCUT2D eigenvalue weighted by Gasteiger charge is -1.78. The molecule has 0 saturated heterocycles. The molecule has 0 aliphatic rings. The molecule has 0 spiro atoms. The number of hydrogen-bond acceptors (Lipinski definition) is 2. The third-order valence-electron chi connectivity index (χ3n) is 0.166. The lowest BCUT2D eigenvalue weighted by molar-refractivity contribution is 1.26. The predicted octanol–water partition coefficient (Wildman–Crippen LogP) is 0.387. The summed E-state index contributed by atoms with van der Waals surface area (Å²) in [6.07, 6.45) is 1.55. The van der Waals surface area contributed by atoms with E-state index in [0.717, 1.165) is 0 Å². The summed E-state index contributed by atoms with van der Waals surface area (Å²) in [6, 6.07) is 0. The third kappa shape index (κ3) is 3.44. The first kappa shape index (κ1) is 5.44. The zero-order chi connectivity index (χ0) is 4.99. The Balaban J connectivity index is 3.13. The fraction of sp³-hybridized carbons (Fsp3) is 0. The number of halogens is 1. The predicted molar refractivity (Wildman–Crippen MR) is 25.4 cm³/mol. The zero-order valence-corrected chi connectivity index (χ0v) is 4.41. The summed E-state index contributed by atoms with van der Waals surface area (Å²) >= 11 is 2.68. The highest BCUT2D eigenvalue weighted by Crippen LogP contribution is 1.73. The molecule has 0 aromatic heterocycles. The quantitative estimate of drug-likeness (QED) is 0.171. The van der Waals surface area contributed by atoms with Gasteiger partial charge in [-0.25, -0.2) is 0 Å². The van der Waals surface area contributed by atoms with E-state index in [0.29, 0.717) is 0 Å². The van der Waals surface area contributed by atoms with Crippen LogP contribution < -0.4 is 5.32 Å². The minimum absolute atomic E-state index is 0.00926. The van der Waals surface area contributed by atoms with E-state index >= 15 is 0 Å². The molecule has 0 aromatic carbocycles. The average Bonchev–Trinajstić information content (AvgIpc) is 1.35. The molecule has 0 aromatic rings. The molecule has 4 heteroatoms. The van der Waals surface area contributed by atoms with Gasteiger partial charge in [0, 0.05) is 0 Å². The minimum Gasteiger partial charge on any atom is -0.278 e. The van der Waals surface area contributed by atoms with E-state index in [4.69, 9.17) is 10.7 Å². The monoisotopic (exact) mass is 147 g/mol. The Hall–Kier alpha value is -0.560. The Morgan fingerprint density at radius 1 is 2.00 bits per heavy atom. The van der Waals surface area contributed by atoms with Crippen LogP contribution in [0.1, 0.15) is 0 Å². The maximum atomic E-state index is 7.70. The van der Waals surface area contributed by atoms with Crippen molar-refractivity contribution in [2.24, 2.45) is 0 Å². The summed E-state index contributed by atoms with van der Waals surface area (Å²) in [5.41, 5.74) is 0. The van der Waals surface area contributed by atoms with Crippen LogP contribution in [0, 0.1) is 16.9 Å². The normalized spacial score (nSPS) is 6.00. The largest absolute Gasteiger partial charge is 0.278 e. The second-order valence-corrected chi connectivity index (χ2v) is 1.34. The second kappa shape index (κ2) is 2.67. The highest BCUT2D eigenvalue weighted by Gasteiger charge is 1.76. The highest BCUT2D eigenvalue weighted by atomic mass is 79.9. The standard InChI is InChI=1S/C2H2BrN3/c3-2(5)6-1-4/h(H2,5,6). The van der Waals surface area contributed by atoms with Gasteiger partial charge in [-0.05, 0) is 15.9 Å². The lowest BCUT2D eigenvalue weighted by atomic mass is 11.2. The van der Waals surface area contributed by atoms with Gasteiger partial charge in [0.2, 0.25) is 0 Å². The summed E-state index contributed by atoms with van der Waals surface area (Å²) in [5, 5.41) is 16.2. The van der Waals surface area contributed by atoms with E-state index in [1.54, 1.807) is 6.19 Å². The fourth-order valence-corrected chi connectivity index (χ4v) is 0.138. The van der Waals surface area contributed by atoms with E-state index in [2.05, 4.69) is 15.9 Å². The molecule has 0 radical (unpaired) electrons. The Morgan fingerprint density at radius 2 is 2.50 bits per heavy atom. The Bertz CT molecular complexity index is 91.5. The molecular weight excluding hydrogens is 146 g/mol. The number of amidine groups is 1. The van der Waals surface area contributed by atoms with Crippen LogP contribution >= 0.6 is 15.9 Å². The van der Waals surface area contributed by atoms with E-state index < -0.39 is 0 Å². The molecule has 0 rings (SSSR count). The number of rotatable bonds is 0. The number of nitrogens with zero attached hydrogens (tertiary/aromatic N) is 1. The Kier molecular flexibility index (Phi) is 2.42. The van der Waals surface area contributed by atoms with Gasteiger partial charge >= 0.3 is 0 Å². The highest BCUT2D eigenvalue weighted by molar-refractivity contribution is 9.18. The van der Waals surface area contributed by atoms with Crippen molar-refractivity contribution >= 4 is 20.7 Å². The summed E-state index contributed by atoms with van der Waals surface area (Å²) in [6.45, 7) is 0. The van der Waals surface area contributed by atoms with Crippen LogP contribution in [0.25, 0.3) is 0 Å². The molecule has 0 aliphatic heterocycles. The van der Waals surface area contributed by atoms with Gasteiger partial charge in [0.1, 0.15) is 0 Å². The van der Waals surface area contributed by atoms with Crippen LogP contribution in [0.3, 0.4) is 0 Å². The minimum atomic E-state index is -0.00926. The fourth-order valence-electron chi connectivity index (χ4n) is 0.0491. The van der Waals surface area contributed by atoms with E-state index in [1.807, 2.05) is 5.32 Å². The smallest absolute Gasteiger partial charge is 0.183 e. The van der Waals surface area contributed by atoms with E-state index in [9.17, 15) is 0 Å². The second-order valence-electron chi connectivity index (χ2n) is 0.551. The Morgan fingerprint density at radius 3 is 2.50 bits per heavy atom. The van der Waals surface area contributed by atoms with Crippen LogP contribution in [0.5, 0.6) is 0 Å². The van der Waals surface area contributed by atoms with Crippen LogP contribution in [-0.4, -0.2) is 4.74 Å². The SMILES string of the molecule is N#CNC(=N)Br. The van der Waals surface area contributed by atoms with Crippen molar-refractivity contribution in [3.8, 4) is 6.19 Å². The molecule has 0 atom stereocenters. The molecule has 3 nitrogen and oxygen atoms in total. The van der Waals surface area contributed by atoms with Crippen molar-refractivity contribution in [1.82, 2.24) is 5.32 Å². The third-order valence-corrected chi connectivity index (χ3v) is 0.364. The number of nitrogens with one attached hydrogen (secondary N) is 2. The van der Waals surface area contributed by atoms with E-state index in [1.165, 1.54) is 0 Å². The van der Waals surface area contributed by atoms with Crippen LogP contribution in [0.4, 0.5) is 0 Å². The molecule has 0 saturated carbocycles. The van der Waals surface area contributed by atoms with Gasteiger partial charge in [0.15, 0.2) is 10.9 Å². The molecule has 0 unspecified atom stereocenters. The topological polar surface area (TPSA) is 59.7 Å². The van der Waals surface area contributed by atoms with Crippen molar-refractivity contribution in [2.75, 3.05) is 0 Å². The summed E-state index contributed by atoms with van der Waals surface area (Å²) in [5.74, 6) is 0. The Labute approximate surface area is 43.6 Å². The zero-order valence-electron chi connectivity index (χ0n) is 2.83. The van der Waals surface area contributed by atoms with Crippen molar-refractivity contribution in [3.05, 3.63) is 0 Å². The lowest BCUT2D eigenvalue weighted by Crippen LogP contribution is -2.06. The van der Waals surface area contributed by atoms with Gasteiger partial charge < -0.3 is 0 Å². The number of nitriles is 1. The molecule has 0 heterocycles. The summed E-state index contributed by atoms with van der Waals surface area (Å²) < 4.78 is -0.00926. The molecule has 0 bridgehead atoms. The molecule has 32 valence electrons. The van der Waals surface area contributed by atoms with Crippen molar-refractivity contribution in [3.63, 3.8) is 0 Å². The first-order valence-electron chi connectivity index (χ1n) is 1.16. The van der Waals surface area contributed by atoms with Gasteiger partial charge in [-0.15, -0.1) is 0 Å². The maximum absolute atomic E-state index is 7.70. The van der Waals surface area contributed by atoms with Gasteiger partial charge in [-0.1, -0.05) is 0 Å². The van der Waals surface area contributed by atoms with Gasteiger partial charge in [0.05, 0.1) is 0 Å².